The van der Waals surface area contributed by atoms with E-state index in [0.29, 0.717) is 5.56 Å². The Kier molecular flexibility index (Phi) is 3.04. The second kappa shape index (κ2) is 4.65. The normalized spacial score (nSPS) is 16.4. The molecule has 0 bridgehead atoms. The molecule has 0 saturated carbocycles. The van der Waals surface area contributed by atoms with Crippen LogP contribution in [-0.4, -0.2) is 21.0 Å². The van der Waals surface area contributed by atoms with Gasteiger partial charge in [0.25, 0.3) is 6.43 Å². The lowest BCUT2D eigenvalue weighted by molar-refractivity contribution is 0.145. The molecule has 6 heteroatoms. The number of nitrogens with one attached hydrogen (secondary N) is 1. The van der Waals surface area contributed by atoms with Gasteiger partial charge in [0.2, 0.25) is 0 Å². The van der Waals surface area contributed by atoms with E-state index in [2.05, 4.69) is 15.4 Å². The molecule has 0 amide bonds. The lowest BCUT2D eigenvalue weighted by Crippen LogP contribution is -2.41. The topological polar surface area (TPSA) is 42.2 Å². The highest BCUT2D eigenvalue weighted by molar-refractivity contribution is 6.12. The maximum absolute atomic E-state index is 12.8. The fourth-order valence-electron chi connectivity index (χ4n) is 2.48. The van der Waals surface area contributed by atoms with Gasteiger partial charge in [-0.1, -0.05) is 0 Å². The third kappa shape index (κ3) is 2.41. The van der Waals surface area contributed by atoms with Crippen LogP contribution in [0.3, 0.4) is 0 Å². The molecule has 0 aliphatic carbocycles. The van der Waals surface area contributed by atoms with Crippen LogP contribution in [0, 0.1) is 6.92 Å². The number of aryl methyl sites for hydroxylation is 1. The summed E-state index contributed by atoms with van der Waals surface area (Å²) in [7, 11) is 0. The van der Waals surface area contributed by atoms with Gasteiger partial charge in [-0.3, -0.25) is 20.1 Å². The zero-order chi connectivity index (χ0) is 15.2. The second-order valence-electron chi connectivity index (χ2n) is 5.62. The van der Waals surface area contributed by atoms with Crippen molar-refractivity contribution in [3.63, 3.8) is 0 Å². The number of rotatable bonds is 2. The minimum atomic E-state index is -2.56. The molecule has 0 fully saturated rings. The Hall–Kier alpha value is -2.24. The fourth-order valence-corrected chi connectivity index (χ4v) is 2.48. The third-order valence-electron chi connectivity index (χ3n) is 3.38. The van der Waals surface area contributed by atoms with Crippen molar-refractivity contribution in [1.29, 1.82) is 0 Å². The average molecular weight is 290 g/mol. The predicted octanol–water partition coefficient (Wildman–Crippen LogP) is 3.26. The number of nitrogens with zero attached hydrogens (tertiary/aromatic N) is 3. The minimum absolute atomic E-state index is 0.178. The Morgan fingerprint density at radius 2 is 2.10 bits per heavy atom. The van der Waals surface area contributed by atoms with Gasteiger partial charge < -0.3 is 0 Å². The van der Waals surface area contributed by atoms with Gasteiger partial charge in [0.15, 0.2) is 0 Å². The van der Waals surface area contributed by atoms with Crippen molar-refractivity contribution in [3.8, 4) is 0 Å². The van der Waals surface area contributed by atoms with Crippen LogP contribution in [0.1, 0.15) is 42.8 Å². The van der Waals surface area contributed by atoms with E-state index < -0.39 is 12.1 Å². The van der Waals surface area contributed by atoms with E-state index in [-0.39, 0.29) is 5.69 Å². The molecule has 1 N–H and O–H groups in total. The highest BCUT2D eigenvalue weighted by Gasteiger charge is 2.26. The number of pyridine rings is 1. The molecule has 0 saturated heterocycles. The van der Waals surface area contributed by atoms with Gasteiger partial charge in [-0.05, 0) is 44.5 Å². The Morgan fingerprint density at radius 3 is 2.76 bits per heavy atom. The van der Waals surface area contributed by atoms with E-state index in [1.54, 1.807) is 13.0 Å². The summed E-state index contributed by atoms with van der Waals surface area (Å²) in [6.45, 7) is 5.54. The van der Waals surface area contributed by atoms with E-state index in [9.17, 15) is 8.78 Å². The van der Waals surface area contributed by atoms with E-state index in [1.165, 1.54) is 6.20 Å². The van der Waals surface area contributed by atoms with Crippen LogP contribution in [-0.2, 0) is 0 Å². The van der Waals surface area contributed by atoms with E-state index in [1.807, 2.05) is 36.9 Å². The number of hydrogen-bond donors (Lipinski definition) is 1. The molecule has 3 heterocycles. The molecule has 2 aromatic rings. The minimum Gasteiger partial charge on any atom is -0.300 e. The largest absolute Gasteiger partial charge is 0.300 e. The predicted molar refractivity (Wildman–Crippen MR) is 77.4 cm³/mol. The number of halogens is 2. The maximum Gasteiger partial charge on any atom is 0.280 e. The number of fused-ring (bicyclic) bond motifs is 1. The van der Waals surface area contributed by atoms with Gasteiger partial charge >= 0.3 is 0 Å². The summed E-state index contributed by atoms with van der Waals surface area (Å²) in [6.07, 6.45) is 0.806. The molecule has 4 nitrogen and oxygen atoms in total. The molecule has 110 valence electrons. The SMILES string of the molecule is Cc1cc(C2=NC(C)(C)Nn3cccc32)cnc1C(F)F. The Balaban J connectivity index is 2.11. The Morgan fingerprint density at radius 1 is 1.33 bits per heavy atom. The quantitative estimate of drug-likeness (QED) is 0.922. The molecule has 0 aromatic carbocycles. The highest BCUT2D eigenvalue weighted by atomic mass is 19.3. The number of alkyl halides is 2. The first-order valence-corrected chi connectivity index (χ1v) is 6.68. The van der Waals surface area contributed by atoms with Gasteiger partial charge in [0.1, 0.15) is 11.4 Å². The Labute approximate surface area is 121 Å². The average Bonchev–Trinajstić information content (AvgIpc) is 2.83. The monoisotopic (exact) mass is 290 g/mol. The van der Waals surface area contributed by atoms with Crippen LogP contribution in [0.4, 0.5) is 8.78 Å². The number of aromatic nitrogens is 2. The third-order valence-corrected chi connectivity index (χ3v) is 3.38. The summed E-state index contributed by atoms with van der Waals surface area (Å²) >= 11 is 0. The summed E-state index contributed by atoms with van der Waals surface area (Å²) in [5, 5.41) is 0. The van der Waals surface area contributed by atoms with Crippen molar-refractivity contribution in [2.45, 2.75) is 32.9 Å². The molecule has 0 atom stereocenters. The molecule has 0 spiro atoms. The van der Waals surface area contributed by atoms with Gasteiger partial charge in [0.05, 0.1) is 11.4 Å². The summed E-state index contributed by atoms with van der Waals surface area (Å²) in [5.74, 6) is 0. The van der Waals surface area contributed by atoms with E-state index in [4.69, 9.17) is 0 Å². The van der Waals surface area contributed by atoms with Crippen LogP contribution >= 0.6 is 0 Å². The molecular formula is C15H16F2N4. The summed E-state index contributed by atoms with van der Waals surface area (Å²) in [6, 6.07) is 5.55. The van der Waals surface area contributed by atoms with Crippen molar-refractivity contribution >= 4 is 5.71 Å². The standard InChI is InChI=1S/C15H16F2N4/c1-9-7-10(8-18-12(9)14(16)17)13-11-5-4-6-21(11)20-15(2,3)19-13/h4-8,14,20H,1-3H3. The van der Waals surface area contributed by atoms with Crippen LogP contribution in [0.15, 0.2) is 35.6 Å². The molecule has 0 radical (unpaired) electrons. The van der Waals surface area contributed by atoms with Gasteiger partial charge in [-0.2, -0.15) is 0 Å². The van der Waals surface area contributed by atoms with Crippen molar-refractivity contribution in [2.75, 3.05) is 5.43 Å². The summed E-state index contributed by atoms with van der Waals surface area (Å²) < 4.78 is 27.5. The van der Waals surface area contributed by atoms with Gasteiger partial charge in [-0.25, -0.2) is 8.78 Å². The molecular weight excluding hydrogens is 274 g/mol. The first kappa shape index (κ1) is 13.7. The van der Waals surface area contributed by atoms with Crippen molar-refractivity contribution < 1.29 is 8.78 Å². The summed E-state index contributed by atoms with van der Waals surface area (Å²) in [4.78, 5) is 8.57. The Bertz CT molecular complexity index is 716. The summed E-state index contributed by atoms with van der Waals surface area (Å²) in [5.41, 5.74) is 5.45. The first-order chi connectivity index (χ1) is 9.87. The van der Waals surface area contributed by atoms with Crippen LogP contribution < -0.4 is 5.43 Å². The maximum atomic E-state index is 12.8. The lowest BCUT2D eigenvalue weighted by atomic mass is 10.0. The van der Waals surface area contributed by atoms with Crippen molar-refractivity contribution in [2.24, 2.45) is 4.99 Å². The van der Waals surface area contributed by atoms with Gasteiger partial charge in [0, 0.05) is 18.0 Å². The van der Waals surface area contributed by atoms with Crippen LogP contribution in [0.2, 0.25) is 0 Å². The smallest absolute Gasteiger partial charge is 0.280 e. The van der Waals surface area contributed by atoms with E-state index >= 15 is 0 Å². The van der Waals surface area contributed by atoms with Crippen LogP contribution in [0.5, 0.6) is 0 Å². The van der Waals surface area contributed by atoms with Crippen molar-refractivity contribution in [1.82, 2.24) is 9.66 Å². The fraction of sp³-hybridized carbons (Fsp3) is 0.333. The molecule has 3 rings (SSSR count). The zero-order valence-corrected chi connectivity index (χ0v) is 12.1. The first-order valence-electron chi connectivity index (χ1n) is 6.68. The van der Waals surface area contributed by atoms with E-state index in [0.717, 1.165) is 17.0 Å². The second-order valence-corrected chi connectivity index (χ2v) is 5.62. The lowest BCUT2D eigenvalue weighted by Gasteiger charge is -2.31. The number of hydrogen-bond acceptors (Lipinski definition) is 3. The van der Waals surface area contributed by atoms with Gasteiger partial charge in [-0.15, -0.1) is 0 Å². The number of aliphatic imine (C=N–C) groups is 1. The zero-order valence-electron chi connectivity index (χ0n) is 12.1. The molecule has 2 aromatic heterocycles. The highest BCUT2D eigenvalue weighted by Crippen LogP contribution is 2.25. The molecule has 1 aliphatic heterocycles. The van der Waals surface area contributed by atoms with Crippen LogP contribution in [0.25, 0.3) is 0 Å². The molecule has 0 unspecified atom stereocenters. The molecule has 21 heavy (non-hydrogen) atoms. The molecule has 1 aliphatic rings. The van der Waals surface area contributed by atoms with Crippen molar-refractivity contribution in [3.05, 3.63) is 53.1 Å².